The molecule has 1 fully saturated rings. The summed E-state index contributed by atoms with van der Waals surface area (Å²) in [5, 5.41) is 3.59. The zero-order chi connectivity index (χ0) is 12.3. The van der Waals surface area contributed by atoms with Gasteiger partial charge in [-0.1, -0.05) is 41.9 Å². The smallest absolute Gasteiger partial charge is 0.0177 e. The highest BCUT2D eigenvalue weighted by atomic mass is 79.9. The third kappa shape index (κ3) is 4.44. The average Bonchev–Trinajstić information content (AvgIpc) is 3.07. The van der Waals surface area contributed by atoms with Crippen LogP contribution in [-0.2, 0) is 6.42 Å². The molecule has 0 spiro atoms. The van der Waals surface area contributed by atoms with E-state index >= 15 is 0 Å². The summed E-state index contributed by atoms with van der Waals surface area (Å²) in [4.78, 5) is 0. The molecule has 1 atom stereocenters. The monoisotopic (exact) mass is 295 g/mol. The lowest BCUT2D eigenvalue weighted by Crippen LogP contribution is -2.30. The number of hydrogen-bond acceptors (Lipinski definition) is 1. The molecular formula is C15H22BrN. The van der Waals surface area contributed by atoms with Crippen molar-refractivity contribution in [3.63, 3.8) is 0 Å². The Morgan fingerprint density at radius 3 is 2.71 bits per heavy atom. The summed E-state index contributed by atoms with van der Waals surface area (Å²) < 4.78 is 1.20. The summed E-state index contributed by atoms with van der Waals surface area (Å²) in [7, 11) is 0. The SMILES string of the molecule is CC(C)NCC(Cc1cccc(Br)c1)C1CC1. The van der Waals surface area contributed by atoms with Crippen LogP contribution in [0.25, 0.3) is 0 Å². The predicted molar refractivity (Wildman–Crippen MR) is 77.2 cm³/mol. The van der Waals surface area contributed by atoms with Crippen LogP contribution >= 0.6 is 15.9 Å². The molecular weight excluding hydrogens is 274 g/mol. The Kier molecular flexibility index (Phi) is 4.63. The van der Waals surface area contributed by atoms with Gasteiger partial charge in [0, 0.05) is 10.5 Å². The van der Waals surface area contributed by atoms with E-state index in [0.29, 0.717) is 6.04 Å². The largest absolute Gasteiger partial charge is 0.314 e. The van der Waals surface area contributed by atoms with Gasteiger partial charge in [0.05, 0.1) is 0 Å². The van der Waals surface area contributed by atoms with Crippen molar-refractivity contribution in [2.45, 2.75) is 39.2 Å². The van der Waals surface area contributed by atoms with Gasteiger partial charge in [-0.2, -0.15) is 0 Å². The molecule has 94 valence electrons. The molecule has 1 N–H and O–H groups in total. The van der Waals surface area contributed by atoms with Crippen molar-refractivity contribution in [1.29, 1.82) is 0 Å². The molecule has 1 aromatic rings. The molecule has 2 heteroatoms. The van der Waals surface area contributed by atoms with Crippen molar-refractivity contribution in [3.05, 3.63) is 34.3 Å². The zero-order valence-corrected chi connectivity index (χ0v) is 12.3. The molecule has 1 unspecified atom stereocenters. The molecule has 1 saturated carbocycles. The second kappa shape index (κ2) is 6.01. The number of rotatable bonds is 6. The lowest BCUT2D eigenvalue weighted by atomic mass is 9.94. The van der Waals surface area contributed by atoms with Gasteiger partial charge in [0.15, 0.2) is 0 Å². The number of benzene rings is 1. The van der Waals surface area contributed by atoms with E-state index in [1.807, 2.05) is 0 Å². The van der Waals surface area contributed by atoms with Crippen LogP contribution in [0.2, 0.25) is 0 Å². The molecule has 0 aliphatic heterocycles. The van der Waals surface area contributed by atoms with Crippen molar-refractivity contribution < 1.29 is 0 Å². The topological polar surface area (TPSA) is 12.0 Å². The Morgan fingerprint density at radius 1 is 1.35 bits per heavy atom. The molecule has 0 saturated heterocycles. The molecule has 17 heavy (non-hydrogen) atoms. The summed E-state index contributed by atoms with van der Waals surface area (Å²) >= 11 is 3.55. The summed E-state index contributed by atoms with van der Waals surface area (Å²) in [5.74, 6) is 1.77. The minimum Gasteiger partial charge on any atom is -0.314 e. The van der Waals surface area contributed by atoms with Crippen LogP contribution < -0.4 is 5.32 Å². The van der Waals surface area contributed by atoms with Crippen LogP contribution in [0, 0.1) is 11.8 Å². The molecule has 1 aliphatic rings. The average molecular weight is 296 g/mol. The van der Waals surface area contributed by atoms with Gasteiger partial charge in [0.2, 0.25) is 0 Å². The quantitative estimate of drug-likeness (QED) is 0.836. The maximum absolute atomic E-state index is 3.59. The predicted octanol–water partition coefficient (Wildman–Crippen LogP) is 4.02. The van der Waals surface area contributed by atoms with Crippen LogP contribution in [0.15, 0.2) is 28.7 Å². The molecule has 1 aromatic carbocycles. The highest BCUT2D eigenvalue weighted by Crippen LogP contribution is 2.38. The van der Waals surface area contributed by atoms with E-state index in [1.54, 1.807) is 0 Å². The first kappa shape index (κ1) is 13.1. The van der Waals surface area contributed by atoms with Gasteiger partial charge in [0.1, 0.15) is 0 Å². The van der Waals surface area contributed by atoms with Crippen LogP contribution in [0.4, 0.5) is 0 Å². The number of nitrogens with one attached hydrogen (secondary N) is 1. The van der Waals surface area contributed by atoms with E-state index < -0.39 is 0 Å². The molecule has 0 amide bonds. The van der Waals surface area contributed by atoms with Crippen molar-refractivity contribution >= 4 is 15.9 Å². The molecule has 2 rings (SSSR count). The van der Waals surface area contributed by atoms with Crippen molar-refractivity contribution in [2.75, 3.05) is 6.54 Å². The summed E-state index contributed by atoms with van der Waals surface area (Å²) in [6.07, 6.45) is 4.07. The molecule has 0 heterocycles. The fraction of sp³-hybridized carbons (Fsp3) is 0.600. The normalized spacial score (nSPS) is 17.4. The van der Waals surface area contributed by atoms with Crippen molar-refractivity contribution in [1.82, 2.24) is 5.32 Å². The maximum Gasteiger partial charge on any atom is 0.0177 e. The van der Waals surface area contributed by atoms with Crippen molar-refractivity contribution in [2.24, 2.45) is 11.8 Å². The van der Waals surface area contributed by atoms with Crippen LogP contribution in [0.1, 0.15) is 32.3 Å². The summed E-state index contributed by atoms with van der Waals surface area (Å²) in [6.45, 7) is 5.61. The van der Waals surface area contributed by atoms with Gasteiger partial charge < -0.3 is 5.32 Å². The van der Waals surface area contributed by atoms with Gasteiger partial charge in [-0.15, -0.1) is 0 Å². The second-order valence-corrected chi connectivity index (χ2v) is 6.41. The van der Waals surface area contributed by atoms with E-state index in [2.05, 4.69) is 59.4 Å². The lowest BCUT2D eigenvalue weighted by Gasteiger charge is -2.19. The lowest BCUT2D eigenvalue weighted by molar-refractivity contribution is 0.404. The Bertz CT molecular complexity index is 358. The Balaban J connectivity index is 1.93. The molecule has 1 nitrogen and oxygen atoms in total. The van der Waals surface area contributed by atoms with E-state index in [0.717, 1.165) is 18.4 Å². The first-order valence-corrected chi connectivity index (χ1v) is 7.42. The van der Waals surface area contributed by atoms with Gasteiger partial charge in [-0.25, -0.2) is 0 Å². The Hall–Kier alpha value is -0.340. The highest BCUT2D eigenvalue weighted by Gasteiger charge is 2.30. The fourth-order valence-corrected chi connectivity index (χ4v) is 2.77. The zero-order valence-electron chi connectivity index (χ0n) is 10.7. The number of hydrogen-bond donors (Lipinski definition) is 1. The van der Waals surface area contributed by atoms with Crippen LogP contribution in [0.3, 0.4) is 0 Å². The van der Waals surface area contributed by atoms with Gasteiger partial charge in [-0.3, -0.25) is 0 Å². The van der Waals surface area contributed by atoms with Crippen LogP contribution in [0.5, 0.6) is 0 Å². The first-order valence-electron chi connectivity index (χ1n) is 6.63. The van der Waals surface area contributed by atoms with Crippen LogP contribution in [-0.4, -0.2) is 12.6 Å². The minimum atomic E-state index is 0.596. The minimum absolute atomic E-state index is 0.596. The third-order valence-electron chi connectivity index (χ3n) is 3.46. The Labute approximate surface area is 113 Å². The number of halogens is 1. The third-order valence-corrected chi connectivity index (χ3v) is 3.96. The molecule has 1 aliphatic carbocycles. The summed E-state index contributed by atoms with van der Waals surface area (Å²) in [5.41, 5.74) is 1.46. The summed E-state index contributed by atoms with van der Waals surface area (Å²) in [6, 6.07) is 9.33. The van der Waals surface area contributed by atoms with E-state index in [4.69, 9.17) is 0 Å². The fourth-order valence-electron chi connectivity index (χ4n) is 2.33. The first-order chi connectivity index (χ1) is 8.15. The standard InChI is InChI=1S/C15H22BrN/c1-11(2)17-10-14(13-6-7-13)8-12-4-3-5-15(16)9-12/h3-5,9,11,13-14,17H,6-8,10H2,1-2H3. The molecule has 0 bridgehead atoms. The Morgan fingerprint density at radius 2 is 2.12 bits per heavy atom. The van der Waals surface area contributed by atoms with E-state index in [9.17, 15) is 0 Å². The van der Waals surface area contributed by atoms with Gasteiger partial charge >= 0.3 is 0 Å². The van der Waals surface area contributed by atoms with Crippen molar-refractivity contribution in [3.8, 4) is 0 Å². The van der Waals surface area contributed by atoms with Gasteiger partial charge in [-0.05, 0) is 55.3 Å². The van der Waals surface area contributed by atoms with E-state index in [1.165, 1.54) is 29.3 Å². The maximum atomic E-state index is 3.59. The van der Waals surface area contributed by atoms with Gasteiger partial charge in [0.25, 0.3) is 0 Å². The van der Waals surface area contributed by atoms with E-state index in [-0.39, 0.29) is 0 Å². The molecule has 0 radical (unpaired) electrons. The molecule has 0 aromatic heterocycles. The second-order valence-electron chi connectivity index (χ2n) is 5.49. The highest BCUT2D eigenvalue weighted by molar-refractivity contribution is 9.10.